The molecule has 1 atom stereocenters. The van der Waals surface area contributed by atoms with E-state index in [9.17, 15) is 8.42 Å². The molecule has 2 aliphatic heterocycles. The second-order valence-electron chi connectivity index (χ2n) is 11.4. The number of fused-ring (bicyclic) bond motifs is 1. The normalized spacial score (nSPS) is 24.6. The van der Waals surface area contributed by atoms with E-state index < -0.39 is 9.84 Å². The summed E-state index contributed by atoms with van der Waals surface area (Å²) in [7, 11) is -0.844. The van der Waals surface area contributed by atoms with Crippen LogP contribution in [0, 0.1) is 11.8 Å². The number of rotatable bonds is 8. The smallest absolute Gasteiger partial charge is 0.175 e. The third-order valence-electron chi connectivity index (χ3n) is 9.03. The molecule has 5 rings (SSSR count). The Balaban J connectivity index is 1.18. The lowest BCUT2D eigenvalue weighted by molar-refractivity contribution is 0.0460. The number of hydrogen-bond donors (Lipinski definition) is 0. The molecule has 0 N–H and O–H groups in total. The highest BCUT2D eigenvalue weighted by Crippen LogP contribution is 2.53. The minimum absolute atomic E-state index is 0.313. The molecule has 0 spiro atoms. The first kappa shape index (κ1) is 25.7. The molecule has 1 unspecified atom stereocenters. The second kappa shape index (κ2) is 10.8. The Morgan fingerprint density at radius 2 is 1.61 bits per heavy atom. The number of likely N-dealkylation sites (tertiary alicyclic amines) is 1. The van der Waals surface area contributed by atoms with Gasteiger partial charge in [-0.2, -0.15) is 0 Å². The summed E-state index contributed by atoms with van der Waals surface area (Å²) in [5, 5.41) is 0. The summed E-state index contributed by atoms with van der Waals surface area (Å²) in [6.45, 7) is 6.36. The topological polar surface area (TPSA) is 49.9 Å². The first-order chi connectivity index (χ1) is 17.4. The summed E-state index contributed by atoms with van der Waals surface area (Å²) in [4.78, 5) is 5.54. The van der Waals surface area contributed by atoms with Crippen molar-refractivity contribution < 1.29 is 13.2 Å². The number of ether oxygens (including phenoxy) is 1. The first-order valence-corrected chi connectivity index (χ1v) is 15.7. The molecule has 0 bridgehead atoms. The minimum atomic E-state index is -3.17. The van der Waals surface area contributed by atoms with Crippen LogP contribution >= 0.6 is 0 Å². The second-order valence-corrected chi connectivity index (χ2v) is 13.4. The minimum Gasteiger partial charge on any atom is -0.494 e. The molecule has 0 radical (unpaired) electrons. The van der Waals surface area contributed by atoms with Gasteiger partial charge in [0.1, 0.15) is 5.75 Å². The van der Waals surface area contributed by atoms with E-state index in [1.807, 2.05) is 0 Å². The molecule has 2 aromatic carbocycles. The molecule has 0 amide bonds. The van der Waals surface area contributed by atoms with Gasteiger partial charge in [0, 0.05) is 31.3 Å². The predicted octanol–water partition coefficient (Wildman–Crippen LogP) is 5.14. The quantitative estimate of drug-likeness (QED) is 0.460. The monoisotopic (exact) mass is 510 g/mol. The average Bonchev–Trinajstić information content (AvgIpc) is 3.42. The summed E-state index contributed by atoms with van der Waals surface area (Å²) >= 11 is 0. The van der Waals surface area contributed by atoms with Gasteiger partial charge in [-0.15, -0.1) is 0 Å². The van der Waals surface area contributed by atoms with Crippen molar-refractivity contribution in [2.45, 2.75) is 61.8 Å². The zero-order valence-electron chi connectivity index (χ0n) is 22.0. The number of piperidine rings is 1. The molecule has 5 nitrogen and oxygen atoms in total. The van der Waals surface area contributed by atoms with E-state index in [0.29, 0.717) is 16.9 Å². The van der Waals surface area contributed by atoms with Gasteiger partial charge in [-0.05, 0) is 99.5 Å². The van der Waals surface area contributed by atoms with Crippen LogP contribution in [0.15, 0.2) is 53.4 Å². The van der Waals surface area contributed by atoms with Gasteiger partial charge in [0.15, 0.2) is 9.84 Å². The van der Waals surface area contributed by atoms with Crippen LogP contribution in [0.5, 0.6) is 5.75 Å². The molecule has 36 heavy (non-hydrogen) atoms. The van der Waals surface area contributed by atoms with Crippen LogP contribution in [0.1, 0.15) is 56.1 Å². The number of likely N-dealkylation sites (N-methyl/N-ethyl adjacent to an activating group) is 1. The van der Waals surface area contributed by atoms with Gasteiger partial charge in [0.05, 0.1) is 11.5 Å². The Kier molecular flexibility index (Phi) is 7.75. The largest absolute Gasteiger partial charge is 0.494 e. The molecule has 3 aliphatic rings. The molecule has 196 valence electrons. The van der Waals surface area contributed by atoms with Crippen LogP contribution in [0.3, 0.4) is 0 Å². The summed E-state index contributed by atoms with van der Waals surface area (Å²) in [5.74, 6) is 2.31. The molecule has 0 aromatic heterocycles. The summed E-state index contributed by atoms with van der Waals surface area (Å²) in [6, 6.07) is 16.1. The maximum Gasteiger partial charge on any atom is 0.175 e. The fraction of sp³-hybridized carbons (Fsp3) is 0.600. The van der Waals surface area contributed by atoms with Crippen LogP contribution in [-0.2, 0) is 21.8 Å². The highest BCUT2D eigenvalue weighted by molar-refractivity contribution is 7.90. The fourth-order valence-electron chi connectivity index (χ4n) is 7.40. The SMILES string of the molecule is CN1Cc2ccccc2C(C2CCCC2)(C2CCN(CCCOc3ccc(S(C)(=O)=O)cc3)CC2)C1. The van der Waals surface area contributed by atoms with Crippen LogP contribution in [-0.4, -0.2) is 64.3 Å². The molecule has 1 saturated carbocycles. The summed E-state index contributed by atoms with van der Waals surface area (Å²) in [5.41, 5.74) is 3.54. The van der Waals surface area contributed by atoms with Crippen molar-refractivity contribution in [3.63, 3.8) is 0 Å². The van der Waals surface area contributed by atoms with E-state index in [1.165, 1.54) is 64.4 Å². The first-order valence-electron chi connectivity index (χ1n) is 13.8. The summed E-state index contributed by atoms with van der Waals surface area (Å²) in [6.07, 6.45) is 10.4. The van der Waals surface area contributed by atoms with Gasteiger partial charge in [-0.25, -0.2) is 8.42 Å². The zero-order valence-corrected chi connectivity index (χ0v) is 22.8. The van der Waals surface area contributed by atoms with Crippen molar-refractivity contribution >= 4 is 9.84 Å². The highest BCUT2D eigenvalue weighted by Gasteiger charge is 2.50. The van der Waals surface area contributed by atoms with Crippen LogP contribution in [0.2, 0.25) is 0 Å². The Hall–Kier alpha value is -1.89. The molecule has 2 heterocycles. The van der Waals surface area contributed by atoms with Gasteiger partial charge in [-0.3, -0.25) is 0 Å². The van der Waals surface area contributed by atoms with Crippen molar-refractivity contribution in [3.8, 4) is 5.75 Å². The Bertz CT molecular complexity index is 1120. The van der Waals surface area contributed by atoms with Gasteiger partial charge in [-0.1, -0.05) is 37.1 Å². The Morgan fingerprint density at radius 1 is 0.944 bits per heavy atom. The standard InChI is InChI=1S/C30H42N2O3S/c1-31-22-24-8-3-6-11-29(24)30(23-31,25-9-4-5-10-25)26-16-19-32(20-17-26)18-7-21-35-27-12-14-28(15-13-27)36(2,33)34/h3,6,8,11-15,25-26H,4-5,7,9-10,16-23H2,1-2H3. The van der Waals surface area contributed by atoms with Gasteiger partial charge in [0.2, 0.25) is 0 Å². The lowest BCUT2D eigenvalue weighted by Gasteiger charge is -2.53. The van der Waals surface area contributed by atoms with Crippen molar-refractivity contribution in [1.82, 2.24) is 9.80 Å². The highest BCUT2D eigenvalue weighted by atomic mass is 32.2. The van der Waals surface area contributed by atoms with E-state index in [2.05, 4.69) is 41.1 Å². The molecular formula is C30H42N2O3S. The zero-order chi connectivity index (χ0) is 25.2. The van der Waals surface area contributed by atoms with Gasteiger partial charge < -0.3 is 14.5 Å². The molecule has 2 fully saturated rings. The van der Waals surface area contributed by atoms with E-state index >= 15 is 0 Å². The van der Waals surface area contributed by atoms with Crippen molar-refractivity contribution in [2.24, 2.45) is 11.8 Å². The lowest BCUT2D eigenvalue weighted by Crippen LogP contribution is -2.55. The maximum atomic E-state index is 11.6. The van der Waals surface area contributed by atoms with Crippen molar-refractivity contribution in [3.05, 3.63) is 59.7 Å². The third kappa shape index (κ3) is 5.36. The fourth-order valence-corrected chi connectivity index (χ4v) is 8.03. The molecule has 2 aromatic rings. The number of sulfone groups is 1. The van der Waals surface area contributed by atoms with Crippen LogP contribution in [0.4, 0.5) is 0 Å². The van der Waals surface area contributed by atoms with E-state index in [4.69, 9.17) is 4.74 Å². The third-order valence-corrected chi connectivity index (χ3v) is 10.2. The van der Waals surface area contributed by atoms with Crippen LogP contribution in [0.25, 0.3) is 0 Å². The average molecular weight is 511 g/mol. The van der Waals surface area contributed by atoms with Gasteiger partial charge >= 0.3 is 0 Å². The lowest BCUT2D eigenvalue weighted by atomic mass is 9.57. The Morgan fingerprint density at radius 3 is 2.31 bits per heavy atom. The molecular weight excluding hydrogens is 468 g/mol. The number of benzene rings is 2. The maximum absolute atomic E-state index is 11.6. The number of hydrogen-bond acceptors (Lipinski definition) is 5. The van der Waals surface area contributed by atoms with E-state index in [-0.39, 0.29) is 0 Å². The van der Waals surface area contributed by atoms with Crippen LogP contribution < -0.4 is 4.74 Å². The van der Waals surface area contributed by atoms with E-state index in [0.717, 1.165) is 37.1 Å². The summed E-state index contributed by atoms with van der Waals surface area (Å²) < 4.78 is 29.1. The van der Waals surface area contributed by atoms with Crippen molar-refractivity contribution in [2.75, 3.05) is 46.1 Å². The van der Waals surface area contributed by atoms with Gasteiger partial charge in [0.25, 0.3) is 0 Å². The molecule has 1 aliphatic carbocycles. The molecule has 1 saturated heterocycles. The number of nitrogens with zero attached hydrogens (tertiary/aromatic N) is 2. The predicted molar refractivity (Wildman–Crippen MR) is 145 cm³/mol. The van der Waals surface area contributed by atoms with Crippen molar-refractivity contribution in [1.29, 1.82) is 0 Å². The molecule has 6 heteroatoms. The Labute approximate surface area is 217 Å². The van der Waals surface area contributed by atoms with E-state index in [1.54, 1.807) is 35.4 Å².